The molecule has 0 aliphatic heterocycles. The van der Waals surface area contributed by atoms with Gasteiger partial charge >= 0.3 is 0 Å². The molecule has 16 heavy (non-hydrogen) atoms. The van der Waals surface area contributed by atoms with Crippen molar-refractivity contribution in [1.82, 2.24) is 0 Å². The highest BCUT2D eigenvalue weighted by atomic mass is 35.5. The van der Waals surface area contributed by atoms with E-state index >= 15 is 0 Å². The molecule has 1 aliphatic carbocycles. The summed E-state index contributed by atoms with van der Waals surface area (Å²) in [6.07, 6.45) is 3.29. The molecule has 3 heteroatoms. The summed E-state index contributed by atoms with van der Waals surface area (Å²) in [4.78, 5) is 0. The van der Waals surface area contributed by atoms with Gasteiger partial charge in [-0.15, -0.1) is 0 Å². The monoisotopic (exact) mass is 239 g/mol. The highest BCUT2D eigenvalue weighted by Crippen LogP contribution is 2.51. The van der Waals surface area contributed by atoms with Gasteiger partial charge in [-0.2, -0.15) is 0 Å². The summed E-state index contributed by atoms with van der Waals surface area (Å²) in [7, 11) is 0. The summed E-state index contributed by atoms with van der Waals surface area (Å²) in [5, 5.41) is 10.4. The molecule has 0 amide bonds. The molecule has 0 bridgehead atoms. The first-order chi connectivity index (χ1) is 7.73. The van der Waals surface area contributed by atoms with E-state index < -0.39 is 0 Å². The molecule has 1 aliphatic rings. The Kier molecular flexibility index (Phi) is 3.53. The van der Waals surface area contributed by atoms with Crippen molar-refractivity contribution < 1.29 is 5.11 Å². The summed E-state index contributed by atoms with van der Waals surface area (Å²) in [5.74, 6) is 0.181. The van der Waals surface area contributed by atoms with Crippen LogP contribution in [0.1, 0.15) is 30.7 Å². The van der Waals surface area contributed by atoms with Gasteiger partial charge in [0.05, 0.1) is 0 Å². The fourth-order valence-electron chi connectivity index (χ4n) is 2.71. The summed E-state index contributed by atoms with van der Waals surface area (Å²) in [6.45, 7) is 0.754. The predicted molar refractivity (Wildman–Crippen MR) is 66.6 cm³/mol. The fourth-order valence-corrected chi connectivity index (χ4v) is 2.98. The molecular formula is C13H18ClNO. The number of aliphatic hydroxyl groups is 1. The number of rotatable bonds is 4. The molecule has 1 saturated carbocycles. The number of halogens is 1. The van der Waals surface area contributed by atoms with Gasteiger partial charge in [0.15, 0.2) is 0 Å². The van der Waals surface area contributed by atoms with Crippen LogP contribution in [0.3, 0.4) is 0 Å². The molecular weight excluding hydrogens is 222 g/mol. The lowest BCUT2D eigenvalue weighted by Crippen LogP contribution is -2.42. The molecule has 0 radical (unpaired) electrons. The number of hydrogen-bond donors (Lipinski definition) is 2. The summed E-state index contributed by atoms with van der Waals surface area (Å²) < 4.78 is 0. The smallest absolute Gasteiger partial charge is 0.0493 e. The lowest BCUT2D eigenvalue weighted by molar-refractivity contribution is 0.0192. The summed E-state index contributed by atoms with van der Waals surface area (Å²) in [6, 6.07) is 7.82. The van der Waals surface area contributed by atoms with E-state index in [-0.39, 0.29) is 17.9 Å². The zero-order chi connectivity index (χ0) is 11.6. The molecule has 0 aromatic heterocycles. The molecule has 0 saturated heterocycles. The van der Waals surface area contributed by atoms with Gasteiger partial charge in [0, 0.05) is 23.0 Å². The van der Waals surface area contributed by atoms with E-state index in [2.05, 4.69) is 0 Å². The first-order valence-corrected chi connectivity index (χ1v) is 6.17. The van der Waals surface area contributed by atoms with E-state index in [1.165, 1.54) is 6.42 Å². The van der Waals surface area contributed by atoms with Crippen molar-refractivity contribution in [2.24, 2.45) is 11.1 Å². The Labute approximate surface area is 101 Å². The van der Waals surface area contributed by atoms with Gasteiger partial charge in [-0.3, -0.25) is 0 Å². The molecule has 1 fully saturated rings. The molecule has 0 heterocycles. The predicted octanol–water partition coefficient (Wildman–Crippen LogP) is 2.54. The number of benzene rings is 1. The van der Waals surface area contributed by atoms with Crippen molar-refractivity contribution in [1.29, 1.82) is 0 Å². The third-order valence-corrected chi connectivity index (χ3v) is 4.26. The van der Waals surface area contributed by atoms with Crippen molar-refractivity contribution >= 4 is 11.6 Å². The van der Waals surface area contributed by atoms with Crippen LogP contribution in [0.25, 0.3) is 0 Å². The van der Waals surface area contributed by atoms with Crippen molar-refractivity contribution in [3.8, 4) is 0 Å². The third kappa shape index (κ3) is 1.86. The molecule has 1 atom stereocenters. The molecule has 0 unspecified atom stereocenters. The van der Waals surface area contributed by atoms with Crippen molar-refractivity contribution in [2.75, 3.05) is 13.2 Å². The average Bonchev–Trinajstić information content (AvgIpc) is 2.25. The highest BCUT2D eigenvalue weighted by Gasteiger charge is 2.44. The van der Waals surface area contributed by atoms with Crippen LogP contribution in [-0.2, 0) is 0 Å². The minimum absolute atomic E-state index is 0.0280. The van der Waals surface area contributed by atoms with E-state index in [0.29, 0.717) is 6.54 Å². The standard InChI is InChI=1S/C13H18ClNO/c14-12-5-2-1-4-10(12)11(8-15)13(9-16)6-3-7-13/h1-2,4-5,11,16H,3,6-9,15H2/t11-/m0/s1. The molecule has 3 N–H and O–H groups in total. The van der Waals surface area contributed by atoms with Gasteiger partial charge in [0.2, 0.25) is 0 Å². The third-order valence-electron chi connectivity index (χ3n) is 3.92. The van der Waals surface area contributed by atoms with Gasteiger partial charge in [0.25, 0.3) is 0 Å². The Hall–Kier alpha value is -0.570. The van der Waals surface area contributed by atoms with Crippen LogP contribution >= 0.6 is 11.6 Å². The number of nitrogens with two attached hydrogens (primary N) is 1. The van der Waals surface area contributed by atoms with E-state index in [0.717, 1.165) is 23.4 Å². The maximum Gasteiger partial charge on any atom is 0.0493 e. The van der Waals surface area contributed by atoms with Crippen LogP contribution in [0.5, 0.6) is 0 Å². The lowest BCUT2D eigenvalue weighted by atomic mass is 9.60. The maximum absolute atomic E-state index is 9.59. The number of hydrogen-bond acceptors (Lipinski definition) is 2. The Bertz CT molecular complexity index is 357. The molecule has 2 rings (SSSR count). The normalized spacial score (nSPS) is 20.2. The molecule has 88 valence electrons. The van der Waals surface area contributed by atoms with Crippen molar-refractivity contribution in [3.63, 3.8) is 0 Å². The lowest BCUT2D eigenvalue weighted by Gasteiger charge is -2.46. The van der Waals surface area contributed by atoms with Crippen molar-refractivity contribution in [2.45, 2.75) is 25.2 Å². The zero-order valence-electron chi connectivity index (χ0n) is 9.32. The van der Waals surface area contributed by atoms with Gasteiger partial charge in [-0.05, 0) is 31.0 Å². The van der Waals surface area contributed by atoms with Crippen LogP contribution < -0.4 is 5.73 Å². The van der Waals surface area contributed by atoms with E-state index in [4.69, 9.17) is 17.3 Å². The second kappa shape index (κ2) is 4.74. The zero-order valence-corrected chi connectivity index (χ0v) is 10.1. The van der Waals surface area contributed by atoms with Gasteiger partial charge in [-0.1, -0.05) is 36.2 Å². The first-order valence-electron chi connectivity index (χ1n) is 5.79. The van der Waals surface area contributed by atoms with Crippen LogP contribution in [0.2, 0.25) is 5.02 Å². The Morgan fingerprint density at radius 2 is 2.06 bits per heavy atom. The van der Waals surface area contributed by atoms with Gasteiger partial charge in [-0.25, -0.2) is 0 Å². The first kappa shape index (κ1) is 11.9. The van der Waals surface area contributed by atoms with E-state index in [1.54, 1.807) is 0 Å². The quantitative estimate of drug-likeness (QED) is 0.848. The SMILES string of the molecule is NC[C@@H](c1ccccc1Cl)C1(CO)CCC1. The van der Waals surface area contributed by atoms with E-state index in [1.807, 2.05) is 24.3 Å². The van der Waals surface area contributed by atoms with Gasteiger partial charge in [0.1, 0.15) is 0 Å². The Morgan fingerprint density at radius 1 is 1.38 bits per heavy atom. The maximum atomic E-state index is 9.59. The fraction of sp³-hybridized carbons (Fsp3) is 0.538. The molecule has 2 nitrogen and oxygen atoms in total. The average molecular weight is 240 g/mol. The number of aliphatic hydroxyl groups excluding tert-OH is 1. The Balaban J connectivity index is 2.32. The largest absolute Gasteiger partial charge is 0.396 e. The molecule has 0 spiro atoms. The Morgan fingerprint density at radius 3 is 2.50 bits per heavy atom. The van der Waals surface area contributed by atoms with Gasteiger partial charge < -0.3 is 10.8 Å². The second-order valence-corrected chi connectivity index (χ2v) is 5.09. The van der Waals surface area contributed by atoms with E-state index in [9.17, 15) is 5.11 Å². The molecule has 1 aromatic carbocycles. The minimum Gasteiger partial charge on any atom is -0.396 e. The van der Waals surface area contributed by atoms with Crippen LogP contribution in [0.15, 0.2) is 24.3 Å². The summed E-state index contributed by atoms with van der Waals surface area (Å²) >= 11 is 6.20. The minimum atomic E-state index is -0.0280. The summed E-state index contributed by atoms with van der Waals surface area (Å²) in [5.41, 5.74) is 6.93. The second-order valence-electron chi connectivity index (χ2n) is 4.68. The van der Waals surface area contributed by atoms with Crippen LogP contribution in [0, 0.1) is 5.41 Å². The topological polar surface area (TPSA) is 46.2 Å². The van der Waals surface area contributed by atoms with Crippen LogP contribution in [-0.4, -0.2) is 18.3 Å². The van der Waals surface area contributed by atoms with Crippen LogP contribution in [0.4, 0.5) is 0 Å². The highest BCUT2D eigenvalue weighted by molar-refractivity contribution is 6.31. The van der Waals surface area contributed by atoms with Crippen molar-refractivity contribution in [3.05, 3.63) is 34.9 Å². The molecule has 1 aromatic rings.